The molecule has 0 bridgehead atoms. The van der Waals surface area contributed by atoms with Crippen LogP contribution in [0.5, 0.6) is 5.75 Å². The van der Waals surface area contributed by atoms with E-state index in [1.165, 1.54) is 5.39 Å². The first-order valence-corrected chi connectivity index (χ1v) is 9.09. The lowest BCUT2D eigenvalue weighted by Gasteiger charge is -2.43. The fraction of sp³-hybridized carbons (Fsp3) is 0.364. The minimum absolute atomic E-state index is 0.0299. The molecule has 0 saturated carbocycles. The number of aromatic nitrogens is 1. The number of aliphatic hydroxyl groups is 1. The van der Waals surface area contributed by atoms with Crippen molar-refractivity contribution in [2.24, 2.45) is 0 Å². The van der Waals surface area contributed by atoms with Crippen LogP contribution in [0.3, 0.4) is 0 Å². The largest absolute Gasteiger partial charge is 0.496 e. The number of nitrogens with one attached hydrogen (secondary N) is 2. The average Bonchev–Trinajstić information content (AvgIpc) is 3.09. The smallest absolute Gasteiger partial charge is 0.132 e. The van der Waals surface area contributed by atoms with Crippen LogP contribution in [0.4, 0.5) is 5.69 Å². The maximum atomic E-state index is 10.8. The Morgan fingerprint density at radius 1 is 1.15 bits per heavy atom. The number of rotatable bonds is 2. The first-order chi connectivity index (χ1) is 12.3. The van der Waals surface area contributed by atoms with Gasteiger partial charge in [-0.05, 0) is 43.9 Å². The van der Waals surface area contributed by atoms with E-state index in [9.17, 15) is 5.11 Å². The highest BCUT2D eigenvalue weighted by molar-refractivity contribution is 5.97. The van der Waals surface area contributed by atoms with Crippen LogP contribution in [-0.2, 0) is 0 Å². The third-order valence-electron chi connectivity index (χ3n) is 5.71. The molecule has 2 aromatic carbocycles. The van der Waals surface area contributed by atoms with E-state index in [0.717, 1.165) is 39.2 Å². The molecule has 1 aliphatic rings. The van der Waals surface area contributed by atoms with Crippen LogP contribution in [-0.4, -0.2) is 28.8 Å². The number of hydrogen-bond acceptors (Lipinski definition) is 3. The maximum Gasteiger partial charge on any atom is 0.132 e. The molecule has 0 amide bonds. The van der Waals surface area contributed by atoms with Gasteiger partial charge in [-0.2, -0.15) is 0 Å². The molecule has 0 fully saturated rings. The number of anilines is 1. The summed E-state index contributed by atoms with van der Waals surface area (Å²) >= 11 is 0. The summed E-state index contributed by atoms with van der Waals surface area (Å²) in [6.07, 6.45) is 1.46. The van der Waals surface area contributed by atoms with Crippen LogP contribution in [0, 0.1) is 6.92 Å². The van der Waals surface area contributed by atoms with Gasteiger partial charge in [0, 0.05) is 34.5 Å². The van der Waals surface area contributed by atoms with Gasteiger partial charge in [-0.1, -0.05) is 25.1 Å². The van der Waals surface area contributed by atoms with E-state index in [2.05, 4.69) is 54.5 Å². The predicted octanol–water partition coefficient (Wildman–Crippen LogP) is 4.82. The molecule has 0 saturated heterocycles. The van der Waals surface area contributed by atoms with Crippen LogP contribution in [0.25, 0.3) is 22.0 Å². The predicted molar refractivity (Wildman–Crippen MR) is 107 cm³/mol. The lowest BCUT2D eigenvalue weighted by Crippen LogP contribution is -2.50. The second kappa shape index (κ2) is 5.78. The third-order valence-corrected chi connectivity index (χ3v) is 5.71. The van der Waals surface area contributed by atoms with Gasteiger partial charge in [-0.15, -0.1) is 0 Å². The highest BCUT2D eigenvalue weighted by atomic mass is 16.5. The topological polar surface area (TPSA) is 57.3 Å². The molecule has 4 rings (SSSR count). The Hall–Kier alpha value is -2.46. The van der Waals surface area contributed by atoms with Gasteiger partial charge in [0.2, 0.25) is 0 Å². The number of fused-ring (bicyclic) bond motifs is 2. The molecule has 3 aromatic rings. The van der Waals surface area contributed by atoms with Gasteiger partial charge in [0.25, 0.3) is 0 Å². The third kappa shape index (κ3) is 2.32. The lowest BCUT2D eigenvalue weighted by molar-refractivity contribution is 0.0858. The van der Waals surface area contributed by atoms with Crippen molar-refractivity contribution in [2.75, 3.05) is 12.4 Å². The molecule has 3 N–H and O–H groups in total. The number of benzene rings is 2. The standard InChI is InChI=1S/C22H26N2O2/c1-12-11-16(15-8-6-7-14-9-10-23-19(14)15)20(26-5)17-13(2)21(25)22(3,4)24-18(12)17/h6-11,13,21,23-25H,1-5H3/t13-,21+/m1/s1. The quantitative estimate of drug-likeness (QED) is 0.621. The average molecular weight is 350 g/mol. The van der Waals surface area contributed by atoms with Gasteiger partial charge in [-0.3, -0.25) is 0 Å². The normalized spacial score (nSPS) is 21.3. The number of hydrogen-bond donors (Lipinski definition) is 3. The summed E-state index contributed by atoms with van der Waals surface area (Å²) in [4.78, 5) is 3.35. The molecule has 4 nitrogen and oxygen atoms in total. The summed E-state index contributed by atoms with van der Waals surface area (Å²) in [7, 11) is 1.71. The monoisotopic (exact) mass is 350 g/mol. The Morgan fingerprint density at radius 2 is 1.92 bits per heavy atom. The lowest BCUT2D eigenvalue weighted by atomic mass is 9.76. The Balaban J connectivity index is 2.03. The van der Waals surface area contributed by atoms with Crippen molar-refractivity contribution >= 4 is 16.6 Å². The molecule has 2 heterocycles. The first-order valence-electron chi connectivity index (χ1n) is 9.09. The highest BCUT2D eigenvalue weighted by Crippen LogP contribution is 2.49. The fourth-order valence-corrected chi connectivity index (χ4v) is 4.33. The van der Waals surface area contributed by atoms with E-state index in [-0.39, 0.29) is 11.5 Å². The molecule has 26 heavy (non-hydrogen) atoms. The van der Waals surface area contributed by atoms with Crippen molar-refractivity contribution in [1.29, 1.82) is 0 Å². The molecule has 136 valence electrons. The van der Waals surface area contributed by atoms with Gasteiger partial charge in [0.05, 0.1) is 24.3 Å². The van der Waals surface area contributed by atoms with Crippen molar-refractivity contribution in [3.8, 4) is 16.9 Å². The zero-order valence-electron chi connectivity index (χ0n) is 16.0. The molecule has 1 aliphatic heterocycles. The zero-order chi connectivity index (χ0) is 18.6. The van der Waals surface area contributed by atoms with Crippen molar-refractivity contribution in [3.05, 3.63) is 47.7 Å². The minimum Gasteiger partial charge on any atom is -0.496 e. The Kier molecular flexibility index (Phi) is 3.77. The van der Waals surface area contributed by atoms with Gasteiger partial charge in [0.1, 0.15) is 5.75 Å². The summed E-state index contributed by atoms with van der Waals surface area (Å²) in [5.74, 6) is 0.806. The number of aromatic amines is 1. The molecular formula is C22H26N2O2. The second-order valence-electron chi connectivity index (χ2n) is 7.89. The molecule has 0 unspecified atom stereocenters. The molecule has 2 atom stereocenters. The van der Waals surface area contributed by atoms with Crippen molar-refractivity contribution < 1.29 is 9.84 Å². The second-order valence-corrected chi connectivity index (χ2v) is 7.89. The van der Waals surface area contributed by atoms with Gasteiger partial charge in [-0.25, -0.2) is 0 Å². The molecule has 4 heteroatoms. The number of aryl methyl sites for hydroxylation is 1. The number of methoxy groups -OCH3 is 1. The maximum absolute atomic E-state index is 10.8. The Labute approximate surface area is 154 Å². The minimum atomic E-state index is -0.500. The van der Waals surface area contributed by atoms with E-state index in [0.29, 0.717) is 0 Å². The first kappa shape index (κ1) is 17.0. The number of para-hydroxylation sites is 1. The van der Waals surface area contributed by atoms with Crippen molar-refractivity contribution in [2.45, 2.75) is 45.3 Å². The molecule has 1 aromatic heterocycles. The van der Waals surface area contributed by atoms with E-state index >= 15 is 0 Å². The van der Waals surface area contributed by atoms with Gasteiger partial charge in [0.15, 0.2) is 0 Å². The summed E-state index contributed by atoms with van der Waals surface area (Å²) in [5.41, 5.74) is 6.17. The van der Waals surface area contributed by atoms with Crippen LogP contribution in [0.15, 0.2) is 36.5 Å². The van der Waals surface area contributed by atoms with E-state index in [1.807, 2.05) is 20.0 Å². The Morgan fingerprint density at radius 3 is 2.65 bits per heavy atom. The zero-order valence-corrected chi connectivity index (χ0v) is 16.0. The molecule has 0 radical (unpaired) electrons. The number of aliphatic hydroxyl groups excluding tert-OH is 1. The molecular weight excluding hydrogens is 324 g/mol. The number of ether oxygens (including phenoxy) is 1. The van der Waals surface area contributed by atoms with Gasteiger partial charge < -0.3 is 20.1 Å². The van der Waals surface area contributed by atoms with Crippen LogP contribution in [0.1, 0.15) is 37.8 Å². The number of H-pyrrole nitrogens is 1. The summed E-state index contributed by atoms with van der Waals surface area (Å²) in [6.45, 7) is 8.27. The van der Waals surface area contributed by atoms with E-state index < -0.39 is 6.10 Å². The van der Waals surface area contributed by atoms with Crippen LogP contribution >= 0.6 is 0 Å². The van der Waals surface area contributed by atoms with E-state index in [4.69, 9.17) is 4.74 Å². The molecule has 0 spiro atoms. The summed E-state index contributed by atoms with van der Waals surface area (Å²) in [6, 6.07) is 10.5. The SMILES string of the molecule is COc1c(-c2cccc3cc[nH]c23)cc(C)c2c1[C@@H](C)[C@H](O)C(C)(C)N2. The van der Waals surface area contributed by atoms with Crippen LogP contribution < -0.4 is 10.1 Å². The Bertz CT molecular complexity index is 987. The van der Waals surface area contributed by atoms with Crippen molar-refractivity contribution in [1.82, 2.24) is 4.98 Å². The van der Waals surface area contributed by atoms with Gasteiger partial charge >= 0.3 is 0 Å². The molecule has 0 aliphatic carbocycles. The van der Waals surface area contributed by atoms with Crippen molar-refractivity contribution in [3.63, 3.8) is 0 Å². The summed E-state index contributed by atoms with van der Waals surface area (Å²) < 4.78 is 5.90. The summed E-state index contributed by atoms with van der Waals surface area (Å²) in [5, 5.41) is 15.5. The fourth-order valence-electron chi connectivity index (χ4n) is 4.33. The van der Waals surface area contributed by atoms with E-state index in [1.54, 1.807) is 7.11 Å². The van der Waals surface area contributed by atoms with Crippen LogP contribution in [0.2, 0.25) is 0 Å². The highest BCUT2D eigenvalue weighted by Gasteiger charge is 2.41.